The lowest BCUT2D eigenvalue weighted by Crippen LogP contribution is -2.32. The van der Waals surface area contributed by atoms with Crippen LogP contribution in [0.5, 0.6) is 0 Å². The van der Waals surface area contributed by atoms with Crippen LogP contribution in [0, 0.1) is 18.3 Å². The van der Waals surface area contributed by atoms with Gasteiger partial charge in [0, 0.05) is 29.9 Å². The van der Waals surface area contributed by atoms with Crippen molar-refractivity contribution in [1.82, 2.24) is 9.97 Å². The van der Waals surface area contributed by atoms with Crippen LogP contribution in [0.25, 0.3) is 0 Å². The highest BCUT2D eigenvalue weighted by Crippen LogP contribution is 2.35. The van der Waals surface area contributed by atoms with E-state index >= 15 is 0 Å². The molecule has 8 nitrogen and oxygen atoms in total. The first-order valence-corrected chi connectivity index (χ1v) is 9.55. The monoisotopic (exact) mass is 415 g/mol. The molecule has 1 unspecified atom stereocenters. The quantitative estimate of drug-likeness (QED) is 0.757. The van der Waals surface area contributed by atoms with Crippen molar-refractivity contribution in [2.45, 2.75) is 25.8 Å². The van der Waals surface area contributed by atoms with Crippen molar-refractivity contribution in [3.63, 3.8) is 0 Å². The van der Waals surface area contributed by atoms with E-state index in [1.807, 2.05) is 13.0 Å². The Labute approximate surface area is 174 Å². The average molecular weight is 416 g/mol. The van der Waals surface area contributed by atoms with Gasteiger partial charge in [-0.25, -0.2) is 4.98 Å². The van der Waals surface area contributed by atoms with Crippen LogP contribution in [0.3, 0.4) is 0 Å². The van der Waals surface area contributed by atoms with Crippen molar-refractivity contribution in [2.24, 2.45) is 0 Å². The second-order valence-electron chi connectivity index (χ2n) is 6.76. The summed E-state index contributed by atoms with van der Waals surface area (Å²) in [5, 5.41) is 9.86. The van der Waals surface area contributed by atoms with E-state index in [4.69, 9.17) is 26.8 Å². The van der Waals surface area contributed by atoms with Gasteiger partial charge in [-0.1, -0.05) is 17.7 Å². The van der Waals surface area contributed by atoms with E-state index in [0.717, 1.165) is 17.7 Å². The molecule has 1 atom stereocenters. The summed E-state index contributed by atoms with van der Waals surface area (Å²) in [5.74, 6) is 0.449. The molecule has 1 aromatic carbocycles. The molecule has 0 bridgehead atoms. The predicted octanol–water partition coefficient (Wildman–Crippen LogP) is 2.58. The Balaban J connectivity index is 2.08. The highest BCUT2D eigenvalue weighted by atomic mass is 35.5. The number of hydrogen-bond acceptors (Lipinski definition) is 8. The molecular weight excluding hydrogens is 394 g/mol. The molecule has 0 spiro atoms. The Kier molecular flexibility index (Phi) is 6.52. The van der Waals surface area contributed by atoms with Gasteiger partial charge in [-0.15, -0.1) is 0 Å². The number of carbonyl (C=O) groups excluding carboxylic acids is 1. The van der Waals surface area contributed by atoms with E-state index in [-0.39, 0.29) is 18.4 Å². The summed E-state index contributed by atoms with van der Waals surface area (Å²) in [5.41, 5.74) is 8.26. The second kappa shape index (κ2) is 9.07. The number of rotatable bonds is 4. The zero-order valence-corrected chi connectivity index (χ0v) is 17.1. The number of aromatic nitrogens is 2. The average Bonchev–Trinajstić information content (AvgIpc) is 2.94. The summed E-state index contributed by atoms with van der Waals surface area (Å²) in [7, 11) is 1.31. The molecule has 0 radical (unpaired) electrons. The second-order valence-corrected chi connectivity index (χ2v) is 7.17. The van der Waals surface area contributed by atoms with Gasteiger partial charge in [-0.05, 0) is 30.5 Å². The van der Waals surface area contributed by atoms with Crippen molar-refractivity contribution in [3.8, 4) is 6.07 Å². The SMILES string of the molecule is COC(=O)Cc1cc(C2COCCCN2c2cc(C)nc(N)n2)c(Cl)cc1C#N. The van der Waals surface area contributed by atoms with E-state index in [1.165, 1.54) is 7.11 Å². The number of nitrogen functional groups attached to an aromatic ring is 1. The molecule has 1 aliphatic heterocycles. The number of benzene rings is 1. The molecular formula is C20H22ClN5O3. The first-order valence-electron chi connectivity index (χ1n) is 9.17. The molecule has 2 heterocycles. The van der Waals surface area contributed by atoms with Crippen molar-refractivity contribution >= 4 is 29.3 Å². The normalized spacial score (nSPS) is 16.8. The molecule has 9 heteroatoms. The third-order valence-corrected chi connectivity index (χ3v) is 5.08. The lowest BCUT2D eigenvalue weighted by atomic mass is 9.97. The number of methoxy groups -OCH3 is 1. The maximum Gasteiger partial charge on any atom is 0.310 e. The van der Waals surface area contributed by atoms with E-state index in [9.17, 15) is 10.1 Å². The Morgan fingerprint density at radius 3 is 2.93 bits per heavy atom. The molecule has 2 aromatic rings. The minimum Gasteiger partial charge on any atom is -0.469 e. The summed E-state index contributed by atoms with van der Waals surface area (Å²) in [4.78, 5) is 22.4. The predicted molar refractivity (Wildman–Crippen MR) is 109 cm³/mol. The Hall–Kier alpha value is -2.89. The van der Waals surface area contributed by atoms with Gasteiger partial charge in [0.25, 0.3) is 0 Å². The van der Waals surface area contributed by atoms with Gasteiger partial charge in [0.2, 0.25) is 5.95 Å². The summed E-state index contributed by atoms with van der Waals surface area (Å²) >= 11 is 6.55. The van der Waals surface area contributed by atoms with Crippen LogP contribution in [0.4, 0.5) is 11.8 Å². The number of esters is 1. The van der Waals surface area contributed by atoms with Crippen LogP contribution >= 0.6 is 11.6 Å². The van der Waals surface area contributed by atoms with Crippen LogP contribution in [0.15, 0.2) is 18.2 Å². The molecule has 1 saturated heterocycles. The molecule has 29 heavy (non-hydrogen) atoms. The molecule has 152 valence electrons. The highest BCUT2D eigenvalue weighted by Gasteiger charge is 2.28. The minimum atomic E-state index is -0.428. The molecule has 2 N–H and O–H groups in total. The number of anilines is 2. The van der Waals surface area contributed by atoms with E-state index in [1.54, 1.807) is 12.1 Å². The van der Waals surface area contributed by atoms with Crippen LogP contribution < -0.4 is 10.6 Å². The first-order chi connectivity index (χ1) is 13.9. The van der Waals surface area contributed by atoms with Crippen LogP contribution in [-0.4, -0.2) is 42.8 Å². The third-order valence-electron chi connectivity index (χ3n) is 4.76. The Morgan fingerprint density at radius 2 is 2.24 bits per heavy atom. The van der Waals surface area contributed by atoms with Gasteiger partial charge in [-0.2, -0.15) is 10.2 Å². The van der Waals surface area contributed by atoms with E-state index in [2.05, 4.69) is 20.9 Å². The minimum absolute atomic E-state index is 0.0172. The zero-order valence-electron chi connectivity index (χ0n) is 16.3. The molecule has 3 rings (SSSR count). The molecule has 0 aliphatic carbocycles. The summed E-state index contributed by atoms with van der Waals surface area (Å²) in [6, 6.07) is 7.05. The Morgan fingerprint density at radius 1 is 1.45 bits per heavy atom. The number of aryl methyl sites for hydroxylation is 1. The molecule has 0 amide bonds. The van der Waals surface area contributed by atoms with Gasteiger partial charge >= 0.3 is 5.97 Å². The van der Waals surface area contributed by atoms with Crippen molar-refractivity contribution in [3.05, 3.63) is 45.6 Å². The highest BCUT2D eigenvalue weighted by molar-refractivity contribution is 6.31. The lowest BCUT2D eigenvalue weighted by molar-refractivity contribution is -0.139. The number of hydrogen-bond donors (Lipinski definition) is 1. The number of carbonyl (C=O) groups is 1. The van der Waals surface area contributed by atoms with E-state index in [0.29, 0.717) is 41.7 Å². The molecule has 1 fully saturated rings. The van der Waals surface area contributed by atoms with Crippen LogP contribution in [0.1, 0.15) is 34.8 Å². The maximum absolute atomic E-state index is 11.8. The summed E-state index contributed by atoms with van der Waals surface area (Å²) in [6.45, 7) is 3.53. The van der Waals surface area contributed by atoms with E-state index < -0.39 is 5.97 Å². The van der Waals surface area contributed by atoms with Gasteiger partial charge in [0.15, 0.2) is 0 Å². The Bertz CT molecular complexity index is 940. The molecule has 1 aromatic heterocycles. The number of nitrogens with zero attached hydrogens (tertiary/aromatic N) is 4. The fraction of sp³-hybridized carbons (Fsp3) is 0.400. The number of nitriles is 1. The van der Waals surface area contributed by atoms with Gasteiger partial charge in [0.1, 0.15) is 5.82 Å². The maximum atomic E-state index is 11.8. The van der Waals surface area contributed by atoms with Gasteiger partial charge in [-0.3, -0.25) is 4.79 Å². The van der Waals surface area contributed by atoms with Gasteiger partial charge in [0.05, 0.1) is 37.8 Å². The molecule has 0 saturated carbocycles. The number of ether oxygens (including phenoxy) is 2. The zero-order chi connectivity index (χ0) is 21.0. The fourth-order valence-electron chi connectivity index (χ4n) is 3.40. The molecule has 1 aliphatic rings. The van der Waals surface area contributed by atoms with Crippen molar-refractivity contribution < 1.29 is 14.3 Å². The summed E-state index contributed by atoms with van der Waals surface area (Å²) in [6.07, 6.45) is 0.791. The number of nitrogens with two attached hydrogens (primary N) is 1. The van der Waals surface area contributed by atoms with Crippen LogP contribution in [-0.2, 0) is 20.7 Å². The lowest BCUT2D eigenvalue weighted by Gasteiger charge is -2.32. The largest absolute Gasteiger partial charge is 0.469 e. The topological polar surface area (TPSA) is 114 Å². The van der Waals surface area contributed by atoms with Crippen molar-refractivity contribution in [2.75, 3.05) is 37.5 Å². The van der Waals surface area contributed by atoms with Gasteiger partial charge < -0.3 is 20.1 Å². The smallest absolute Gasteiger partial charge is 0.310 e. The standard InChI is InChI=1S/C20H22ClN5O3/c1-12-6-18(25-20(23)24-12)26-4-3-5-29-11-17(26)15-7-13(9-19(27)28-2)14(10-22)8-16(15)21/h6-8,17H,3-5,9,11H2,1-2H3,(H2,23,24,25). The fourth-order valence-corrected chi connectivity index (χ4v) is 3.69. The third kappa shape index (κ3) is 4.75. The number of halogens is 1. The van der Waals surface area contributed by atoms with Crippen molar-refractivity contribution in [1.29, 1.82) is 5.26 Å². The first kappa shape index (κ1) is 20.8. The summed E-state index contributed by atoms with van der Waals surface area (Å²) < 4.78 is 10.6. The van der Waals surface area contributed by atoms with Crippen LogP contribution in [0.2, 0.25) is 5.02 Å².